The molecular weight excluding hydrogens is 240 g/mol. The first-order chi connectivity index (χ1) is 8.87. The summed E-state index contributed by atoms with van der Waals surface area (Å²) in [4.78, 5) is 12.2. The molecule has 0 spiro atoms. The zero-order valence-corrected chi connectivity index (χ0v) is 11.9. The summed E-state index contributed by atoms with van der Waals surface area (Å²) < 4.78 is 6.00. The average Bonchev–Trinajstić information content (AvgIpc) is 2.87. The highest BCUT2D eigenvalue weighted by molar-refractivity contribution is 6.08. The third-order valence-corrected chi connectivity index (χ3v) is 4.55. The third kappa shape index (κ3) is 1.46. The highest BCUT2D eigenvalue weighted by atomic mass is 16.5. The second-order valence-corrected chi connectivity index (χ2v) is 6.07. The molecule has 2 aliphatic heterocycles. The summed E-state index contributed by atoms with van der Waals surface area (Å²) in [6.07, 6.45) is 0.877. The summed E-state index contributed by atoms with van der Waals surface area (Å²) in [5, 5.41) is 3.01. The van der Waals surface area contributed by atoms with Crippen LogP contribution in [0.3, 0.4) is 0 Å². The van der Waals surface area contributed by atoms with Gasteiger partial charge in [-0.15, -0.1) is 0 Å². The maximum atomic E-state index is 12.2. The van der Waals surface area contributed by atoms with E-state index >= 15 is 0 Å². The van der Waals surface area contributed by atoms with E-state index < -0.39 is 5.41 Å². The van der Waals surface area contributed by atoms with Crippen LogP contribution in [0.1, 0.15) is 36.1 Å². The second-order valence-electron chi connectivity index (χ2n) is 6.07. The van der Waals surface area contributed by atoms with Gasteiger partial charge >= 0.3 is 0 Å². The van der Waals surface area contributed by atoms with Gasteiger partial charge in [-0.3, -0.25) is 4.79 Å². The molecule has 3 N–H and O–H groups in total. The molecule has 0 aromatic heterocycles. The largest absolute Gasteiger partial charge is 0.488 e. The maximum absolute atomic E-state index is 12.2. The lowest BCUT2D eigenvalue weighted by molar-refractivity contribution is -0.119. The Bertz CT molecular complexity index is 591. The zero-order valence-electron chi connectivity index (χ0n) is 11.9. The number of nitrogens with one attached hydrogen (secondary N) is 1. The van der Waals surface area contributed by atoms with Crippen LogP contribution < -0.4 is 15.8 Å². The molecule has 1 atom stereocenters. The van der Waals surface area contributed by atoms with Crippen LogP contribution >= 0.6 is 0 Å². The lowest BCUT2D eigenvalue weighted by atomic mass is 9.82. The van der Waals surface area contributed by atoms with Gasteiger partial charge in [-0.1, -0.05) is 0 Å². The number of carbonyl (C=O) groups excluding carboxylic acids is 1. The van der Waals surface area contributed by atoms with Gasteiger partial charge in [-0.05, 0) is 38.8 Å². The minimum atomic E-state index is -0.540. The summed E-state index contributed by atoms with van der Waals surface area (Å²) in [6.45, 7) is 8.55. The van der Waals surface area contributed by atoms with Crippen molar-refractivity contribution in [3.8, 4) is 5.75 Å². The summed E-state index contributed by atoms with van der Waals surface area (Å²) in [6, 6.07) is 0. The second kappa shape index (κ2) is 3.73. The molecular formula is C15H20N2O2. The molecule has 1 aromatic rings. The molecule has 0 radical (unpaired) electrons. The molecule has 2 heterocycles. The topological polar surface area (TPSA) is 64.3 Å². The molecule has 4 heteroatoms. The number of carbonyl (C=O) groups is 1. The highest BCUT2D eigenvalue weighted by Crippen LogP contribution is 2.50. The number of anilines is 1. The number of fused-ring (bicyclic) bond motifs is 3. The van der Waals surface area contributed by atoms with Gasteiger partial charge in [0.25, 0.3) is 0 Å². The molecule has 0 saturated heterocycles. The molecule has 2 aliphatic rings. The first kappa shape index (κ1) is 12.5. The molecule has 3 rings (SSSR count). The number of hydrogen-bond acceptors (Lipinski definition) is 3. The normalized spacial score (nSPS) is 22.8. The van der Waals surface area contributed by atoms with Crippen molar-refractivity contribution in [3.63, 3.8) is 0 Å². The van der Waals surface area contributed by atoms with Gasteiger partial charge in [-0.2, -0.15) is 0 Å². The summed E-state index contributed by atoms with van der Waals surface area (Å²) >= 11 is 0. The number of nitrogens with two attached hydrogens (primary N) is 1. The fourth-order valence-corrected chi connectivity index (χ4v) is 3.12. The lowest BCUT2D eigenvalue weighted by Gasteiger charge is -2.20. The van der Waals surface area contributed by atoms with Crippen LogP contribution in [0.15, 0.2) is 0 Å². The van der Waals surface area contributed by atoms with Crippen molar-refractivity contribution in [1.29, 1.82) is 0 Å². The number of benzene rings is 1. The smallest absolute Gasteiger partial charge is 0.234 e. The molecule has 0 saturated carbocycles. The van der Waals surface area contributed by atoms with Gasteiger partial charge in [0, 0.05) is 24.1 Å². The van der Waals surface area contributed by atoms with E-state index in [9.17, 15) is 4.79 Å². The van der Waals surface area contributed by atoms with Crippen molar-refractivity contribution in [2.24, 2.45) is 5.73 Å². The van der Waals surface area contributed by atoms with E-state index in [0.717, 1.165) is 29.0 Å². The minimum absolute atomic E-state index is 0.0334. The van der Waals surface area contributed by atoms with Crippen LogP contribution in [-0.4, -0.2) is 18.6 Å². The van der Waals surface area contributed by atoms with Gasteiger partial charge in [0.05, 0.1) is 11.1 Å². The van der Waals surface area contributed by atoms with Crippen molar-refractivity contribution in [3.05, 3.63) is 22.3 Å². The molecule has 0 fully saturated rings. The van der Waals surface area contributed by atoms with Crippen LogP contribution in [0, 0.1) is 13.8 Å². The lowest BCUT2D eigenvalue weighted by Crippen LogP contribution is -2.28. The average molecular weight is 260 g/mol. The molecule has 1 unspecified atom stereocenters. The Labute approximate surface area is 113 Å². The van der Waals surface area contributed by atoms with Crippen LogP contribution in [0.2, 0.25) is 0 Å². The summed E-state index contributed by atoms with van der Waals surface area (Å²) in [5.74, 6) is 0.926. The Balaban J connectivity index is 2.29. The van der Waals surface area contributed by atoms with E-state index in [-0.39, 0.29) is 12.0 Å². The molecule has 102 valence electrons. The Morgan fingerprint density at radius 1 is 1.37 bits per heavy atom. The minimum Gasteiger partial charge on any atom is -0.488 e. The molecule has 0 aliphatic carbocycles. The number of ether oxygens (including phenoxy) is 1. The van der Waals surface area contributed by atoms with Crippen molar-refractivity contribution in [2.45, 2.75) is 45.6 Å². The number of amides is 1. The van der Waals surface area contributed by atoms with E-state index in [4.69, 9.17) is 10.5 Å². The molecule has 4 nitrogen and oxygen atoms in total. The molecule has 1 amide bonds. The number of rotatable bonds is 1. The van der Waals surface area contributed by atoms with Crippen LogP contribution in [0.4, 0.5) is 5.69 Å². The molecule has 1 aromatic carbocycles. The Kier molecular flexibility index (Phi) is 2.45. The van der Waals surface area contributed by atoms with E-state index in [1.54, 1.807) is 0 Å². The van der Waals surface area contributed by atoms with E-state index in [1.807, 2.05) is 13.8 Å². The quantitative estimate of drug-likeness (QED) is 0.809. The van der Waals surface area contributed by atoms with Crippen LogP contribution in [0.5, 0.6) is 5.75 Å². The standard InChI is InChI=1S/C15H20N2O2/c1-7-8(2)12-11(15(3,4)14(18)17-12)13-10(7)5-9(6-16)19-13/h9H,5-6,16H2,1-4H3,(H,17,18). The first-order valence-corrected chi connectivity index (χ1v) is 6.72. The maximum Gasteiger partial charge on any atom is 0.234 e. The number of hydrogen-bond donors (Lipinski definition) is 2. The third-order valence-electron chi connectivity index (χ3n) is 4.55. The van der Waals surface area contributed by atoms with Crippen LogP contribution in [-0.2, 0) is 16.6 Å². The summed E-state index contributed by atoms with van der Waals surface area (Å²) in [7, 11) is 0. The first-order valence-electron chi connectivity index (χ1n) is 6.72. The van der Waals surface area contributed by atoms with Crippen molar-refractivity contribution >= 4 is 11.6 Å². The van der Waals surface area contributed by atoms with Crippen molar-refractivity contribution < 1.29 is 9.53 Å². The predicted octanol–water partition coefficient (Wildman–Crippen LogP) is 1.80. The van der Waals surface area contributed by atoms with Crippen molar-refractivity contribution in [1.82, 2.24) is 0 Å². The SMILES string of the molecule is Cc1c(C)c2c(c3c1CC(CN)O3)C(C)(C)C(=O)N2. The van der Waals surface area contributed by atoms with Gasteiger partial charge < -0.3 is 15.8 Å². The fraction of sp³-hybridized carbons (Fsp3) is 0.533. The van der Waals surface area contributed by atoms with E-state index in [0.29, 0.717) is 6.54 Å². The Hall–Kier alpha value is -1.55. The predicted molar refractivity (Wildman–Crippen MR) is 74.7 cm³/mol. The van der Waals surface area contributed by atoms with E-state index in [2.05, 4.69) is 19.2 Å². The highest BCUT2D eigenvalue weighted by Gasteiger charge is 2.45. The Morgan fingerprint density at radius 2 is 2.05 bits per heavy atom. The fourth-order valence-electron chi connectivity index (χ4n) is 3.12. The monoisotopic (exact) mass is 260 g/mol. The summed E-state index contributed by atoms with van der Waals surface area (Å²) in [5.41, 5.74) is 10.7. The Morgan fingerprint density at radius 3 is 2.68 bits per heavy atom. The van der Waals surface area contributed by atoms with Crippen molar-refractivity contribution in [2.75, 3.05) is 11.9 Å². The van der Waals surface area contributed by atoms with Gasteiger partial charge in [0.2, 0.25) is 5.91 Å². The molecule has 0 bridgehead atoms. The zero-order chi connectivity index (χ0) is 13.9. The van der Waals surface area contributed by atoms with Gasteiger partial charge in [0.1, 0.15) is 11.9 Å². The van der Waals surface area contributed by atoms with Gasteiger partial charge in [-0.25, -0.2) is 0 Å². The van der Waals surface area contributed by atoms with Crippen LogP contribution in [0.25, 0.3) is 0 Å². The van der Waals surface area contributed by atoms with E-state index in [1.165, 1.54) is 11.1 Å². The molecule has 19 heavy (non-hydrogen) atoms. The van der Waals surface area contributed by atoms with Gasteiger partial charge in [0.15, 0.2) is 0 Å².